The Morgan fingerprint density at radius 3 is 2.59 bits per heavy atom. The van der Waals surface area contributed by atoms with Gasteiger partial charge in [0.1, 0.15) is 5.82 Å². The number of aryl methyl sites for hydroxylation is 1. The number of hydrogen-bond donors (Lipinski definition) is 1. The zero-order chi connectivity index (χ0) is 27.2. The molecular formula is C31H32N4O4. The van der Waals surface area contributed by atoms with E-state index in [1.165, 1.54) is 18.2 Å². The first-order valence-corrected chi connectivity index (χ1v) is 13.3. The molecule has 200 valence electrons. The molecule has 5 rings (SSSR count). The van der Waals surface area contributed by atoms with Gasteiger partial charge in [-0.1, -0.05) is 49.1 Å². The van der Waals surface area contributed by atoms with E-state index >= 15 is 0 Å². The maximum atomic E-state index is 13.4. The molecule has 0 radical (unpaired) electrons. The summed E-state index contributed by atoms with van der Waals surface area (Å²) >= 11 is 0. The lowest BCUT2D eigenvalue weighted by Crippen LogP contribution is -2.25. The molecular weight excluding hydrogens is 492 g/mol. The molecule has 0 spiro atoms. The Kier molecular flexibility index (Phi) is 8.01. The Hall–Kier alpha value is -4.46. The second-order valence-corrected chi connectivity index (χ2v) is 9.80. The molecule has 8 nitrogen and oxygen atoms in total. The van der Waals surface area contributed by atoms with Gasteiger partial charge in [-0.05, 0) is 67.8 Å². The minimum Gasteiger partial charge on any atom is -0.493 e. The Balaban J connectivity index is 1.35. The van der Waals surface area contributed by atoms with Crippen molar-refractivity contribution in [1.29, 1.82) is 0 Å². The highest BCUT2D eigenvalue weighted by atomic mass is 16.5. The van der Waals surface area contributed by atoms with Gasteiger partial charge in [0.2, 0.25) is 0 Å². The van der Waals surface area contributed by atoms with Crippen molar-refractivity contribution in [2.45, 2.75) is 44.9 Å². The first-order chi connectivity index (χ1) is 19.0. The molecule has 1 aromatic heterocycles. The standard InChI is InChI=1S/C31H32N4O4/c1-21-12-15-24(16-13-21)33-29(36)20-39-27-17-14-22(18-28(27)38-2)19-32-35-30(23-8-4-3-5-9-23)34-26-11-7-6-10-25(26)31(35)37/h6-7,10-19,23H,3-5,8-9,20H2,1-2H3,(H,33,36). The molecule has 0 aliphatic heterocycles. The van der Waals surface area contributed by atoms with Crippen molar-refractivity contribution in [1.82, 2.24) is 9.66 Å². The van der Waals surface area contributed by atoms with Crippen LogP contribution in [0.3, 0.4) is 0 Å². The highest BCUT2D eigenvalue weighted by Crippen LogP contribution is 2.32. The molecule has 1 fully saturated rings. The molecule has 1 N–H and O–H groups in total. The van der Waals surface area contributed by atoms with Crippen LogP contribution >= 0.6 is 0 Å². The van der Waals surface area contributed by atoms with Gasteiger partial charge in [-0.25, -0.2) is 4.98 Å². The zero-order valence-electron chi connectivity index (χ0n) is 22.2. The molecule has 1 amide bonds. The van der Waals surface area contributed by atoms with Crippen LogP contribution < -0.4 is 20.3 Å². The molecule has 0 unspecified atom stereocenters. The van der Waals surface area contributed by atoms with Crippen LogP contribution in [0.1, 0.15) is 55.0 Å². The molecule has 4 aromatic rings. The Labute approximate surface area is 227 Å². The topological polar surface area (TPSA) is 94.8 Å². The summed E-state index contributed by atoms with van der Waals surface area (Å²) in [5, 5.41) is 7.94. The normalized spacial score (nSPS) is 14.0. The van der Waals surface area contributed by atoms with Gasteiger partial charge in [0, 0.05) is 11.6 Å². The van der Waals surface area contributed by atoms with Gasteiger partial charge in [-0.2, -0.15) is 9.78 Å². The smallest absolute Gasteiger partial charge is 0.282 e. The summed E-state index contributed by atoms with van der Waals surface area (Å²) in [7, 11) is 1.54. The van der Waals surface area contributed by atoms with E-state index in [1.54, 1.807) is 30.5 Å². The van der Waals surface area contributed by atoms with Crippen molar-refractivity contribution in [2.24, 2.45) is 5.10 Å². The number of fused-ring (bicyclic) bond motifs is 1. The summed E-state index contributed by atoms with van der Waals surface area (Å²) in [6.45, 7) is 1.82. The van der Waals surface area contributed by atoms with Crippen LogP contribution in [0.5, 0.6) is 11.5 Å². The fourth-order valence-corrected chi connectivity index (χ4v) is 4.86. The second kappa shape index (κ2) is 11.9. The number of anilines is 1. The number of amides is 1. The van der Waals surface area contributed by atoms with Gasteiger partial charge in [0.05, 0.1) is 24.2 Å². The van der Waals surface area contributed by atoms with Crippen molar-refractivity contribution in [3.63, 3.8) is 0 Å². The van der Waals surface area contributed by atoms with Gasteiger partial charge in [-0.15, -0.1) is 0 Å². The Morgan fingerprint density at radius 2 is 1.82 bits per heavy atom. The van der Waals surface area contributed by atoms with Crippen LogP contribution in [0.25, 0.3) is 10.9 Å². The van der Waals surface area contributed by atoms with Gasteiger partial charge < -0.3 is 14.8 Å². The van der Waals surface area contributed by atoms with E-state index in [-0.39, 0.29) is 24.0 Å². The van der Waals surface area contributed by atoms with E-state index in [1.807, 2.05) is 49.4 Å². The van der Waals surface area contributed by atoms with Crippen molar-refractivity contribution in [2.75, 3.05) is 19.0 Å². The predicted molar refractivity (Wildman–Crippen MR) is 153 cm³/mol. The number of para-hydroxylation sites is 1. The maximum absolute atomic E-state index is 13.4. The number of ether oxygens (including phenoxy) is 2. The van der Waals surface area contributed by atoms with Crippen molar-refractivity contribution in [3.05, 3.63) is 94.0 Å². The van der Waals surface area contributed by atoms with E-state index in [2.05, 4.69) is 10.4 Å². The van der Waals surface area contributed by atoms with E-state index in [0.29, 0.717) is 33.9 Å². The third-order valence-corrected chi connectivity index (χ3v) is 6.95. The highest BCUT2D eigenvalue weighted by Gasteiger charge is 2.22. The molecule has 8 heteroatoms. The highest BCUT2D eigenvalue weighted by molar-refractivity contribution is 5.92. The van der Waals surface area contributed by atoms with Crippen LogP contribution in [0.15, 0.2) is 76.6 Å². The molecule has 0 bridgehead atoms. The summed E-state index contributed by atoms with van der Waals surface area (Å²) in [6, 6.07) is 20.2. The van der Waals surface area contributed by atoms with Crippen LogP contribution in [-0.2, 0) is 4.79 Å². The first kappa shape index (κ1) is 26.2. The number of methoxy groups -OCH3 is 1. The molecule has 3 aromatic carbocycles. The average molecular weight is 525 g/mol. The quantitative estimate of drug-likeness (QED) is 0.300. The van der Waals surface area contributed by atoms with Crippen molar-refractivity contribution in [3.8, 4) is 11.5 Å². The average Bonchev–Trinajstić information content (AvgIpc) is 2.97. The van der Waals surface area contributed by atoms with Crippen molar-refractivity contribution < 1.29 is 14.3 Å². The molecule has 1 heterocycles. The predicted octanol–water partition coefficient (Wildman–Crippen LogP) is 5.66. The third-order valence-electron chi connectivity index (χ3n) is 6.95. The summed E-state index contributed by atoms with van der Waals surface area (Å²) < 4.78 is 12.7. The van der Waals surface area contributed by atoms with Crippen LogP contribution in [0.2, 0.25) is 0 Å². The number of carbonyl (C=O) groups excluding carboxylic acids is 1. The Bertz CT molecular complexity index is 1550. The third kappa shape index (κ3) is 6.17. The monoisotopic (exact) mass is 524 g/mol. The lowest BCUT2D eigenvalue weighted by Gasteiger charge is -2.22. The Morgan fingerprint density at radius 1 is 1.05 bits per heavy atom. The van der Waals surface area contributed by atoms with E-state index in [0.717, 1.165) is 36.8 Å². The summed E-state index contributed by atoms with van der Waals surface area (Å²) in [5.74, 6) is 1.52. The maximum Gasteiger partial charge on any atom is 0.282 e. The fraction of sp³-hybridized carbons (Fsp3) is 0.290. The number of benzene rings is 3. The summed E-state index contributed by atoms with van der Waals surface area (Å²) in [6.07, 6.45) is 7.08. The molecule has 1 aliphatic rings. The van der Waals surface area contributed by atoms with Gasteiger partial charge in [0.25, 0.3) is 11.5 Å². The zero-order valence-corrected chi connectivity index (χ0v) is 22.2. The lowest BCUT2D eigenvalue weighted by molar-refractivity contribution is -0.118. The van der Waals surface area contributed by atoms with Crippen LogP contribution in [-0.4, -0.2) is 35.5 Å². The summed E-state index contributed by atoms with van der Waals surface area (Å²) in [5.41, 5.74) is 3.06. The summed E-state index contributed by atoms with van der Waals surface area (Å²) in [4.78, 5) is 30.6. The minimum absolute atomic E-state index is 0.166. The number of nitrogens with one attached hydrogen (secondary N) is 1. The van der Waals surface area contributed by atoms with Crippen LogP contribution in [0.4, 0.5) is 5.69 Å². The molecule has 39 heavy (non-hydrogen) atoms. The number of aromatic nitrogens is 2. The van der Waals surface area contributed by atoms with Gasteiger partial charge in [-0.3, -0.25) is 9.59 Å². The number of rotatable bonds is 8. The number of nitrogens with zero attached hydrogens (tertiary/aromatic N) is 3. The SMILES string of the molecule is COc1cc(C=Nn2c(C3CCCCC3)nc3ccccc3c2=O)ccc1OCC(=O)Nc1ccc(C)cc1. The van der Waals surface area contributed by atoms with Crippen LogP contribution in [0, 0.1) is 6.92 Å². The number of carbonyl (C=O) groups is 1. The largest absolute Gasteiger partial charge is 0.493 e. The minimum atomic E-state index is -0.273. The van der Waals surface area contributed by atoms with Crippen molar-refractivity contribution >= 4 is 28.7 Å². The fourth-order valence-electron chi connectivity index (χ4n) is 4.86. The second-order valence-electron chi connectivity index (χ2n) is 9.80. The van der Waals surface area contributed by atoms with E-state index in [9.17, 15) is 9.59 Å². The van der Waals surface area contributed by atoms with Gasteiger partial charge >= 0.3 is 0 Å². The van der Waals surface area contributed by atoms with E-state index < -0.39 is 0 Å². The first-order valence-electron chi connectivity index (χ1n) is 13.3. The molecule has 1 aliphatic carbocycles. The molecule has 0 atom stereocenters. The number of hydrogen-bond acceptors (Lipinski definition) is 6. The lowest BCUT2D eigenvalue weighted by atomic mass is 9.88. The van der Waals surface area contributed by atoms with Gasteiger partial charge in [0.15, 0.2) is 18.1 Å². The van der Waals surface area contributed by atoms with E-state index in [4.69, 9.17) is 14.5 Å². The molecule has 1 saturated carbocycles. The molecule has 0 saturated heterocycles.